The summed E-state index contributed by atoms with van der Waals surface area (Å²) < 4.78 is 5.64. The summed E-state index contributed by atoms with van der Waals surface area (Å²) in [6, 6.07) is 20.9. The maximum atomic E-state index is 10.2. The molecule has 0 aromatic heterocycles. The van der Waals surface area contributed by atoms with Gasteiger partial charge in [-0.15, -0.1) is 0 Å². The van der Waals surface area contributed by atoms with E-state index in [0.29, 0.717) is 18.6 Å². The van der Waals surface area contributed by atoms with Crippen molar-refractivity contribution in [2.75, 3.05) is 13.2 Å². The van der Waals surface area contributed by atoms with Gasteiger partial charge >= 0.3 is 0 Å². The first kappa shape index (κ1) is 19.1. The van der Waals surface area contributed by atoms with E-state index in [1.165, 1.54) is 11.1 Å². The minimum Gasteiger partial charge on any atom is -0.381 e. The van der Waals surface area contributed by atoms with E-state index in [9.17, 15) is 4.79 Å². The van der Waals surface area contributed by atoms with Crippen LogP contribution in [0.2, 0.25) is 0 Å². The van der Waals surface area contributed by atoms with Crippen LogP contribution in [0.4, 0.5) is 0 Å². The first-order valence-corrected chi connectivity index (χ1v) is 8.43. The summed E-state index contributed by atoms with van der Waals surface area (Å²) in [4.78, 5) is 10.2. The Morgan fingerprint density at radius 3 is 1.43 bits per heavy atom. The van der Waals surface area contributed by atoms with Crippen molar-refractivity contribution in [1.82, 2.24) is 0 Å². The van der Waals surface area contributed by atoms with E-state index in [1.807, 2.05) is 26.0 Å². The molecule has 2 heteroatoms. The molecule has 0 fully saturated rings. The van der Waals surface area contributed by atoms with Crippen molar-refractivity contribution in [3.63, 3.8) is 0 Å². The number of ketones is 1. The highest BCUT2D eigenvalue weighted by Gasteiger charge is 1.94. The van der Waals surface area contributed by atoms with Gasteiger partial charge in [-0.1, -0.05) is 74.5 Å². The van der Waals surface area contributed by atoms with Gasteiger partial charge in [0.1, 0.15) is 5.78 Å². The Balaban J connectivity index is 0.000000379. The molecule has 0 N–H and O–H groups in total. The molecule has 2 nitrogen and oxygen atoms in total. The lowest BCUT2D eigenvalue weighted by atomic mass is 10.1. The van der Waals surface area contributed by atoms with Crippen LogP contribution < -0.4 is 0 Å². The van der Waals surface area contributed by atoms with Gasteiger partial charge < -0.3 is 4.74 Å². The van der Waals surface area contributed by atoms with E-state index in [2.05, 4.69) is 48.5 Å². The highest BCUT2D eigenvalue weighted by atomic mass is 16.5. The minimum atomic E-state index is 0.343. The third-order valence-electron chi connectivity index (χ3n) is 3.54. The highest BCUT2D eigenvalue weighted by molar-refractivity contribution is 5.77. The smallest absolute Gasteiger partial charge is 0.132 e. The number of Topliss-reactive ketones (excluding diaryl/α,β-unsaturated/α-hetero) is 1. The monoisotopic (exact) mass is 312 g/mol. The molecule has 0 aliphatic heterocycles. The van der Waals surface area contributed by atoms with Crippen LogP contribution in [0.15, 0.2) is 60.7 Å². The number of carbonyl (C=O) groups is 1. The first-order valence-electron chi connectivity index (χ1n) is 8.43. The van der Waals surface area contributed by atoms with E-state index in [-0.39, 0.29) is 0 Å². The van der Waals surface area contributed by atoms with Gasteiger partial charge in [-0.25, -0.2) is 0 Å². The fourth-order valence-corrected chi connectivity index (χ4v) is 2.02. The molecule has 0 unspecified atom stereocenters. The predicted molar refractivity (Wildman–Crippen MR) is 96.7 cm³/mol. The zero-order valence-corrected chi connectivity index (χ0v) is 14.3. The summed E-state index contributed by atoms with van der Waals surface area (Å²) in [5, 5.41) is 0. The molecule has 0 heterocycles. The van der Waals surface area contributed by atoms with E-state index in [1.54, 1.807) is 0 Å². The van der Waals surface area contributed by atoms with Crippen molar-refractivity contribution in [2.45, 2.75) is 39.5 Å². The lowest BCUT2D eigenvalue weighted by Gasteiger charge is -2.04. The van der Waals surface area contributed by atoms with Gasteiger partial charge in [0.2, 0.25) is 0 Å². The molecule has 0 aliphatic rings. The molecule has 0 atom stereocenters. The second-order valence-corrected chi connectivity index (χ2v) is 5.33. The third kappa shape index (κ3) is 9.64. The van der Waals surface area contributed by atoms with E-state index < -0.39 is 0 Å². The number of ether oxygens (including phenoxy) is 1. The molecule has 0 aliphatic carbocycles. The Kier molecular flexibility index (Phi) is 10.5. The Labute approximate surface area is 140 Å². The molecule has 0 radical (unpaired) electrons. The standard InChI is InChI=1S/C16H18O.C5H10O/c1-3-7-15(8-4-1)11-13-17-14-12-16-9-5-2-6-10-16;1-3-5(6)4-2/h1-10H,11-14H2;3-4H2,1-2H3. The lowest BCUT2D eigenvalue weighted by molar-refractivity contribution is -0.118. The second kappa shape index (κ2) is 12.6. The summed E-state index contributed by atoms with van der Waals surface area (Å²) >= 11 is 0. The number of benzene rings is 2. The molecule has 0 bridgehead atoms. The molecule has 2 aromatic rings. The average molecular weight is 312 g/mol. The van der Waals surface area contributed by atoms with E-state index >= 15 is 0 Å². The largest absolute Gasteiger partial charge is 0.381 e. The summed E-state index contributed by atoms with van der Waals surface area (Å²) in [5.41, 5.74) is 2.68. The zero-order chi connectivity index (χ0) is 16.8. The Morgan fingerprint density at radius 2 is 1.13 bits per heavy atom. The summed E-state index contributed by atoms with van der Waals surface area (Å²) in [6.07, 6.45) is 3.37. The lowest BCUT2D eigenvalue weighted by Crippen LogP contribution is -2.02. The predicted octanol–water partition coefficient (Wildman–Crippen LogP) is 4.86. The van der Waals surface area contributed by atoms with Gasteiger partial charge in [-0.2, -0.15) is 0 Å². The van der Waals surface area contributed by atoms with Crippen molar-refractivity contribution >= 4 is 5.78 Å². The Morgan fingerprint density at radius 1 is 0.739 bits per heavy atom. The van der Waals surface area contributed by atoms with Gasteiger partial charge in [0.05, 0.1) is 13.2 Å². The van der Waals surface area contributed by atoms with Gasteiger partial charge in [0.25, 0.3) is 0 Å². The van der Waals surface area contributed by atoms with Crippen LogP contribution >= 0.6 is 0 Å². The molecule has 0 saturated carbocycles. The van der Waals surface area contributed by atoms with Gasteiger partial charge in [-0.05, 0) is 24.0 Å². The number of rotatable bonds is 8. The van der Waals surface area contributed by atoms with Crippen molar-refractivity contribution in [1.29, 1.82) is 0 Å². The molecule has 124 valence electrons. The van der Waals surface area contributed by atoms with E-state index in [0.717, 1.165) is 26.1 Å². The van der Waals surface area contributed by atoms with Crippen molar-refractivity contribution in [3.05, 3.63) is 71.8 Å². The molecular formula is C21H28O2. The fourth-order valence-electron chi connectivity index (χ4n) is 2.02. The molecule has 2 rings (SSSR count). The van der Waals surface area contributed by atoms with Crippen LogP contribution in [0.5, 0.6) is 0 Å². The van der Waals surface area contributed by atoms with Crippen LogP contribution in [-0.4, -0.2) is 19.0 Å². The quantitative estimate of drug-likeness (QED) is 0.650. The van der Waals surface area contributed by atoms with Gasteiger partial charge in [0.15, 0.2) is 0 Å². The average Bonchev–Trinajstić information content (AvgIpc) is 2.63. The fraction of sp³-hybridized carbons (Fsp3) is 0.381. The maximum Gasteiger partial charge on any atom is 0.132 e. The SMILES string of the molecule is CCC(=O)CC.c1ccc(CCOCCc2ccccc2)cc1. The Hall–Kier alpha value is -1.93. The molecule has 0 spiro atoms. The van der Waals surface area contributed by atoms with Crippen molar-refractivity contribution < 1.29 is 9.53 Å². The summed E-state index contributed by atoms with van der Waals surface area (Å²) in [5.74, 6) is 0.343. The Bertz CT molecular complexity index is 473. The van der Waals surface area contributed by atoms with E-state index in [4.69, 9.17) is 4.74 Å². The van der Waals surface area contributed by atoms with Crippen LogP contribution in [0.1, 0.15) is 37.8 Å². The summed E-state index contributed by atoms with van der Waals surface area (Å²) in [6.45, 7) is 5.37. The third-order valence-corrected chi connectivity index (χ3v) is 3.54. The number of carbonyl (C=O) groups excluding carboxylic acids is 1. The first-order chi connectivity index (χ1) is 11.3. The van der Waals surface area contributed by atoms with Gasteiger partial charge in [-0.3, -0.25) is 4.79 Å². The van der Waals surface area contributed by atoms with Crippen LogP contribution in [0.3, 0.4) is 0 Å². The zero-order valence-electron chi connectivity index (χ0n) is 14.3. The minimum absolute atomic E-state index is 0.343. The number of hydrogen-bond donors (Lipinski definition) is 0. The number of hydrogen-bond acceptors (Lipinski definition) is 2. The maximum absolute atomic E-state index is 10.2. The van der Waals surface area contributed by atoms with Crippen LogP contribution in [0.25, 0.3) is 0 Å². The van der Waals surface area contributed by atoms with Crippen LogP contribution in [0, 0.1) is 0 Å². The molecule has 0 saturated heterocycles. The van der Waals surface area contributed by atoms with Crippen molar-refractivity contribution in [2.24, 2.45) is 0 Å². The topological polar surface area (TPSA) is 26.3 Å². The molecular weight excluding hydrogens is 284 g/mol. The highest BCUT2D eigenvalue weighted by Crippen LogP contribution is 2.02. The second-order valence-electron chi connectivity index (χ2n) is 5.33. The molecule has 23 heavy (non-hydrogen) atoms. The molecule has 0 amide bonds. The summed E-state index contributed by atoms with van der Waals surface area (Å²) in [7, 11) is 0. The normalized spacial score (nSPS) is 9.83. The van der Waals surface area contributed by atoms with Crippen LogP contribution in [-0.2, 0) is 22.4 Å². The van der Waals surface area contributed by atoms with Gasteiger partial charge in [0, 0.05) is 12.8 Å². The molecule has 2 aromatic carbocycles. The van der Waals surface area contributed by atoms with Crippen molar-refractivity contribution in [3.8, 4) is 0 Å².